The lowest BCUT2D eigenvalue weighted by Crippen LogP contribution is -2.56. The van der Waals surface area contributed by atoms with Crippen LogP contribution in [-0.4, -0.2) is 49.4 Å². The smallest absolute Gasteiger partial charge is 0.191 e. The largest absolute Gasteiger partial charge is 0.370 e. The number of hydrogen-bond acceptors (Lipinski definition) is 3. The Morgan fingerprint density at radius 1 is 1.50 bits per heavy atom. The van der Waals surface area contributed by atoms with Crippen LogP contribution >= 0.6 is 24.0 Å². The third kappa shape index (κ3) is 3.22. The van der Waals surface area contributed by atoms with E-state index < -0.39 is 14.6 Å². The van der Waals surface area contributed by atoms with Gasteiger partial charge >= 0.3 is 0 Å². The van der Waals surface area contributed by atoms with Crippen LogP contribution in [0.2, 0.25) is 0 Å². The van der Waals surface area contributed by atoms with Crippen molar-refractivity contribution < 1.29 is 8.42 Å². The molecule has 2 N–H and O–H groups in total. The van der Waals surface area contributed by atoms with E-state index in [1.54, 1.807) is 13.8 Å². The van der Waals surface area contributed by atoms with Crippen molar-refractivity contribution in [2.75, 3.05) is 25.4 Å². The first kappa shape index (κ1) is 16.0. The van der Waals surface area contributed by atoms with E-state index in [0.717, 1.165) is 0 Å². The molecule has 0 unspecified atom stereocenters. The van der Waals surface area contributed by atoms with Gasteiger partial charge in [0.15, 0.2) is 15.8 Å². The van der Waals surface area contributed by atoms with Crippen molar-refractivity contribution >= 4 is 39.8 Å². The zero-order chi connectivity index (χ0) is 11.7. The zero-order valence-electron chi connectivity index (χ0n) is 9.93. The number of halogens is 1. The fourth-order valence-electron chi connectivity index (χ4n) is 1.60. The fraction of sp³-hybridized carbons (Fsp3) is 0.889. The van der Waals surface area contributed by atoms with Gasteiger partial charge in [-0.15, -0.1) is 24.0 Å². The number of nitrogens with zero attached hydrogens (tertiary/aromatic N) is 2. The van der Waals surface area contributed by atoms with E-state index in [-0.39, 0.29) is 29.7 Å². The van der Waals surface area contributed by atoms with Gasteiger partial charge in [0.1, 0.15) is 0 Å². The summed E-state index contributed by atoms with van der Waals surface area (Å²) in [6.45, 7) is 6.85. The maximum absolute atomic E-state index is 11.7. The Hall–Kier alpha value is -0.0500. The van der Waals surface area contributed by atoms with Gasteiger partial charge in [-0.1, -0.05) is 0 Å². The molecule has 0 bridgehead atoms. The first-order valence-corrected chi connectivity index (χ1v) is 6.72. The zero-order valence-corrected chi connectivity index (χ0v) is 13.1. The minimum atomic E-state index is -2.99. The first-order valence-electron chi connectivity index (χ1n) is 5.07. The molecular formula is C9H20IN3O2S. The Kier molecular flexibility index (Phi) is 5.51. The molecule has 1 heterocycles. The second-order valence-corrected chi connectivity index (χ2v) is 7.08. The Labute approximate surface area is 114 Å². The van der Waals surface area contributed by atoms with Crippen LogP contribution in [0.1, 0.15) is 20.8 Å². The van der Waals surface area contributed by atoms with Crippen molar-refractivity contribution in [3.05, 3.63) is 0 Å². The van der Waals surface area contributed by atoms with Crippen molar-refractivity contribution in [3.8, 4) is 0 Å². The molecule has 7 heteroatoms. The average molecular weight is 361 g/mol. The van der Waals surface area contributed by atoms with Crippen LogP contribution in [0.5, 0.6) is 0 Å². The summed E-state index contributed by atoms with van der Waals surface area (Å²) in [5, 5.41) is 0. The molecule has 1 saturated heterocycles. The Balaban J connectivity index is 0.00000225. The van der Waals surface area contributed by atoms with E-state index in [9.17, 15) is 8.42 Å². The highest BCUT2D eigenvalue weighted by Crippen LogP contribution is 2.23. The van der Waals surface area contributed by atoms with Crippen LogP contribution in [-0.2, 0) is 9.84 Å². The van der Waals surface area contributed by atoms with Crippen molar-refractivity contribution in [1.29, 1.82) is 0 Å². The standard InChI is InChI=1S/C9H19N3O2S.HI/c1-4-11-8(10)12-5-6-15(13,14)9(2,3)7-12;/h4-7H2,1-3H3,(H2,10,11);1H. The summed E-state index contributed by atoms with van der Waals surface area (Å²) in [7, 11) is -2.99. The van der Waals surface area contributed by atoms with Gasteiger partial charge in [0, 0.05) is 19.6 Å². The highest BCUT2D eigenvalue weighted by atomic mass is 127. The molecule has 0 amide bonds. The maximum Gasteiger partial charge on any atom is 0.191 e. The summed E-state index contributed by atoms with van der Waals surface area (Å²) in [5.74, 6) is 0.598. The summed E-state index contributed by atoms with van der Waals surface area (Å²) >= 11 is 0. The molecule has 1 aliphatic rings. The molecule has 0 radical (unpaired) electrons. The second-order valence-electron chi connectivity index (χ2n) is 4.33. The minimum Gasteiger partial charge on any atom is -0.370 e. The molecule has 0 atom stereocenters. The number of hydrogen-bond donors (Lipinski definition) is 1. The van der Waals surface area contributed by atoms with Gasteiger partial charge in [0.05, 0.1) is 10.5 Å². The molecule has 0 aromatic heterocycles. The van der Waals surface area contributed by atoms with Crippen molar-refractivity contribution in [2.45, 2.75) is 25.5 Å². The van der Waals surface area contributed by atoms with E-state index in [4.69, 9.17) is 5.73 Å². The van der Waals surface area contributed by atoms with E-state index >= 15 is 0 Å². The Morgan fingerprint density at radius 2 is 2.06 bits per heavy atom. The molecule has 1 fully saturated rings. The van der Waals surface area contributed by atoms with E-state index in [1.807, 2.05) is 11.8 Å². The topological polar surface area (TPSA) is 75.8 Å². The van der Waals surface area contributed by atoms with Gasteiger partial charge in [-0.25, -0.2) is 8.42 Å². The molecule has 0 aromatic carbocycles. The molecule has 0 aliphatic carbocycles. The van der Waals surface area contributed by atoms with Gasteiger partial charge in [-0.3, -0.25) is 4.99 Å². The summed E-state index contributed by atoms with van der Waals surface area (Å²) in [6, 6.07) is 0. The monoisotopic (exact) mass is 361 g/mol. The third-order valence-electron chi connectivity index (χ3n) is 2.69. The predicted molar refractivity (Wildman–Crippen MR) is 77.0 cm³/mol. The van der Waals surface area contributed by atoms with Gasteiger partial charge in [-0.05, 0) is 20.8 Å². The molecule has 16 heavy (non-hydrogen) atoms. The van der Waals surface area contributed by atoms with Crippen LogP contribution in [0.4, 0.5) is 0 Å². The van der Waals surface area contributed by atoms with Crippen LogP contribution < -0.4 is 5.73 Å². The number of sulfone groups is 1. The van der Waals surface area contributed by atoms with Crippen LogP contribution in [0, 0.1) is 0 Å². The first-order chi connectivity index (χ1) is 6.80. The Bertz CT molecular complexity index is 365. The Morgan fingerprint density at radius 3 is 2.50 bits per heavy atom. The van der Waals surface area contributed by atoms with Gasteiger partial charge < -0.3 is 10.6 Å². The van der Waals surface area contributed by atoms with Gasteiger partial charge in [-0.2, -0.15) is 0 Å². The summed E-state index contributed by atoms with van der Waals surface area (Å²) < 4.78 is 22.7. The molecule has 0 spiro atoms. The van der Waals surface area contributed by atoms with E-state index in [1.165, 1.54) is 0 Å². The molecule has 96 valence electrons. The number of nitrogens with two attached hydrogens (primary N) is 1. The molecule has 1 rings (SSSR count). The summed E-state index contributed by atoms with van der Waals surface area (Å²) in [4.78, 5) is 5.92. The quantitative estimate of drug-likeness (QED) is 0.418. The molecular weight excluding hydrogens is 341 g/mol. The SMILES string of the molecule is CCN=C(N)N1CCS(=O)(=O)C(C)(C)C1.I. The van der Waals surface area contributed by atoms with Crippen LogP contribution in [0.25, 0.3) is 0 Å². The molecule has 0 aromatic rings. The van der Waals surface area contributed by atoms with E-state index in [2.05, 4.69) is 4.99 Å². The fourth-order valence-corrected chi connectivity index (χ4v) is 2.97. The van der Waals surface area contributed by atoms with Gasteiger partial charge in [0.25, 0.3) is 0 Å². The van der Waals surface area contributed by atoms with E-state index in [0.29, 0.717) is 25.6 Å². The number of aliphatic imine (C=N–C) groups is 1. The second kappa shape index (κ2) is 5.52. The highest BCUT2D eigenvalue weighted by molar-refractivity contribution is 14.0. The maximum atomic E-state index is 11.7. The summed E-state index contributed by atoms with van der Waals surface area (Å²) in [5.41, 5.74) is 5.75. The minimum absolute atomic E-state index is 0. The molecule has 0 saturated carbocycles. The van der Waals surface area contributed by atoms with Crippen molar-refractivity contribution in [3.63, 3.8) is 0 Å². The van der Waals surface area contributed by atoms with Crippen molar-refractivity contribution in [1.82, 2.24) is 4.90 Å². The lowest BCUT2D eigenvalue weighted by molar-refractivity contribution is 0.360. The molecule has 5 nitrogen and oxygen atoms in total. The van der Waals surface area contributed by atoms with Crippen LogP contribution in [0.3, 0.4) is 0 Å². The van der Waals surface area contributed by atoms with Crippen molar-refractivity contribution in [2.24, 2.45) is 10.7 Å². The lowest BCUT2D eigenvalue weighted by Gasteiger charge is -2.38. The third-order valence-corrected chi connectivity index (χ3v) is 5.22. The predicted octanol–water partition coefficient (Wildman–Crippen LogP) is 0.448. The average Bonchev–Trinajstić information content (AvgIpc) is 2.10. The van der Waals surface area contributed by atoms with Crippen LogP contribution in [0.15, 0.2) is 4.99 Å². The lowest BCUT2D eigenvalue weighted by atomic mass is 10.2. The number of rotatable bonds is 1. The van der Waals surface area contributed by atoms with Gasteiger partial charge in [0.2, 0.25) is 0 Å². The normalized spacial score (nSPS) is 23.7. The highest BCUT2D eigenvalue weighted by Gasteiger charge is 2.40. The summed E-state index contributed by atoms with van der Waals surface area (Å²) in [6.07, 6.45) is 0. The number of guanidine groups is 1. The molecule has 1 aliphatic heterocycles.